The van der Waals surface area contributed by atoms with Gasteiger partial charge in [-0.05, 0) is 50.2 Å². The number of ether oxygens (including phenoxy) is 2. The van der Waals surface area contributed by atoms with Gasteiger partial charge in [-0.2, -0.15) is 4.98 Å². The van der Waals surface area contributed by atoms with Crippen molar-refractivity contribution in [3.63, 3.8) is 0 Å². The van der Waals surface area contributed by atoms with Crippen LogP contribution in [0.25, 0.3) is 5.69 Å². The van der Waals surface area contributed by atoms with Gasteiger partial charge in [0.1, 0.15) is 5.69 Å². The molecule has 0 fully saturated rings. The minimum Gasteiger partial charge on any atom is -0.476 e. The van der Waals surface area contributed by atoms with Crippen molar-refractivity contribution in [2.75, 3.05) is 18.5 Å². The molecule has 7 nitrogen and oxygen atoms in total. The third kappa shape index (κ3) is 4.00. The van der Waals surface area contributed by atoms with Crippen molar-refractivity contribution in [1.29, 1.82) is 0 Å². The van der Waals surface area contributed by atoms with E-state index in [0.29, 0.717) is 24.5 Å². The maximum Gasteiger partial charge on any atom is 0.319 e. The summed E-state index contributed by atoms with van der Waals surface area (Å²) in [6.45, 7) is 4.55. The molecule has 3 rings (SSSR count). The fraction of sp³-hybridized carbons (Fsp3) is 0.211. The molecule has 0 aliphatic carbocycles. The van der Waals surface area contributed by atoms with Crippen molar-refractivity contribution in [1.82, 2.24) is 14.5 Å². The Morgan fingerprint density at radius 2 is 1.77 bits per heavy atom. The lowest BCUT2D eigenvalue weighted by Gasteiger charge is -2.11. The first kappa shape index (κ1) is 17.5. The van der Waals surface area contributed by atoms with E-state index in [9.17, 15) is 4.79 Å². The predicted molar refractivity (Wildman–Crippen MR) is 98.1 cm³/mol. The number of nitrogens with one attached hydrogen (secondary N) is 1. The average molecular weight is 352 g/mol. The second-order valence-corrected chi connectivity index (χ2v) is 5.33. The lowest BCUT2D eigenvalue weighted by atomic mass is 10.2. The van der Waals surface area contributed by atoms with Crippen molar-refractivity contribution in [3.8, 4) is 17.6 Å². The summed E-state index contributed by atoms with van der Waals surface area (Å²) in [6, 6.07) is 11.4. The number of carbonyl (C=O) groups excluding carboxylic acids is 1. The lowest BCUT2D eigenvalue weighted by molar-refractivity contribution is 0.102. The summed E-state index contributed by atoms with van der Waals surface area (Å²) in [7, 11) is 0. The first-order valence-corrected chi connectivity index (χ1v) is 8.38. The number of amides is 1. The number of rotatable bonds is 7. The fourth-order valence-corrected chi connectivity index (χ4v) is 2.37. The molecule has 0 aliphatic heterocycles. The van der Waals surface area contributed by atoms with Crippen LogP contribution in [0.15, 0.2) is 55.0 Å². The third-order valence-electron chi connectivity index (χ3n) is 3.57. The molecule has 3 aromatic rings. The Kier molecular flexibility index (Phi) is 5.48. The lowest BCUT2D eigenvalue weighted by Crippen LogP contribution is -2.14. The van der Waals surface area contributed by atoms with E-state index in [-0.39, 0.29) is 17.8 Å². The molecule has 0 spiro atoms. The highest BCUT2D eigenvalue weighted by Crippen LogP contribution is 2.24. The van der Waals surface area contributed by atoms with Crippen LogP contribution >= 0.6 is 0 Å². The Balaban J connectivity index is 1.76. The van der Waals surface area contributed by atoms with Crippen LogP contribution in [0.1, 0.15) is 24.2 Å². The zero-order chi connectivity index (χ0) is 18.4. The molecule has 2 aromatic heterocycles. The summed E-state index contributed by atoms with van der Waals surface area (Å²) in [6.07, 6.45) is 5.37. The molecule has 0 saturated heterocycles. The van der Waals surface area contributed by atoms with Gasteiger partial charge in [0.2, 0.25) is 5.88 Å². The molecular formula is C19H20N4O3. The van der Waals surface area contributed by atoms with E-state index in [0.717, 1.165) is 5.69 Å². The summed E-state index contributed by atoms with van der Waals surface area (Å²) in [5.74, 6) is 0.0148. The molecular weight excluding hydrogens is 332 g/mol. The smallest absolute Gasteiger partial charge is 0.319 e. The Bertz CT molecular complexity index is 861. The average Bonchev–Trinajstić information content (AvgIpc) is 3.19. The second-order valence-electron chi connectivity index (χ2n) is 5.33. The Hall–Kier alpha value is -3.35. The number of hydrogen-bond donors (Lipinski definition) is 1. The number of carbonyl (C=O) groups is 1. The van der Waals surface area contributed by atoms with Crippen LogP contribution in [0, 0.1) is 0 Å². The number of benzene rings is 1. The summed E-state index contributed by atoms with van der Waals surface area (Å²) in [4.78, 5) is 20.8. The molecule has 0 saturated carbocycles. The number of hydrogen-bond acceptors (Lipinski definition) is 5. The van der Waals surface area contributed by atoms with E-state index in [2.05, 4.69) is 15.3 Å². The minimum absolute atomic E-state index is 0.213. The number of nitrogens with zero attached hydrogens (tertiary/aromatic N) is 3. The van der Waals surface area contributed by atoms with Gasteiger partial charge in [-0.1, -0.05) is 0 Å². The van der Waals surface area contributed by atoms with Crippen LogP contribution in [-0.4, -0.2) is 33.7 Å². The van der Waals surface area contributed by atoms with Gasteiger partial charge in [-0.15, -0.1) is 0 Å². The third-order valence-corrected chi connectivity index (χ3v) is 3.57. The molecule has 1 amide bonds. The van der Waals surface area contributed by atoms with E-state index >= 15 is 0 Å². The molecule has 0 bridgehead atoms. The second kappa shape index (κ2) is 8.15. The van der Waals surface area contributed by atoms with Gasteiger partial charge in [0.05, 0.1) is 19.4 Å². The Morgan fingerprint density at radius 1 is 1.08 bits per heavy atom. The molecule has 26 heavy (non-hydrogen) atoms. The van der Waals surface area contributed by atoms with Crippen LogP contribution in [0.5, 0.6) is 11.9 Å². The van der Waals surface area contributed by atoms with Crippen molar-refractivity contribution >= 4 is 11.6 Å². The van der Waals surface area contributed by atoms with Gasteiger partial charge in [0.25, 0.3) is 5.91 Å². The highest BCUT2D eigenvalue weighted by atomic mass is 16.5. The van der Waals surface area contributed by atoms with Gasteiger partial charge in [0, 0.05) is 23.6 Å². The summed E-state index contributed by atoms with van der Waals surface area (Å²) < 4.78 is 12.7. The van der Waals surface area contributed by atoms with Crippen LogP contribution in [0.3, 0.4) is 0 Å². The van der Waals surface area contributed by atoms with Crippen molar-refractivity contribution < 1.29 is 14.3 Å². The Labute approximate surface area is 151 Å². The SMILES string of the molecule is CCOc1ncc(NC(=O)c2ccc(-n3cccc3)cc2)c(OCC)n1. The van der Waals surface area contributed by atoms with Crippen LogP contribution in [0.2, 0.25) is 0 Å². The molecule has 2 heterocycles. The van der Waals surface area contributed by atoms with E-state index in [4.69, 9.17) is 9.47 Å². The van der Waals surface area contributed by atoms with Crippen molar-refractivity contribution in [2.45, 2.75) is 13.8 Å². The first-order chi connectivity index (χ1) is 12.7. The van der Waals surface area contributed by atoms with E-state index < -0.39 is 0 Å². The van der Waals surface area contributed by atoms with Gasteiger partial charge in [0.15, 0.2) is 0 Å². The molecule has 1 aromatic carbocycles. The highest BCUT2D eigenvalue weighted by Gasteiger charge is 2.13. The van der Waals surface area contributed by atoms with Gasteiger partial charge >= 0.3 is 6.01 Å². The normalized spacial score (nSPS) is 10.4. The summed E-state index contributed by atoms with van der Waals surface area (Å²) in [5.41, 5.74) is 1.90. The van der Waals surface area contributed by atoms with Crippen molar-refractivity contribution in [3.05, 3.63) is 60.6 Å². The molecule has 0 unspecified atom stereocenters. The number of anilines is 1. The maximum atomic E-state index is 12.5. The molecule has 134 valence electrons. The quantitative estimate of drug-likeness (QED) is 0.706. The van der Waals surface area contributed by atoms with Gasteiger partial charge in [-0.25, -0.2) is 4.98 Å². The molecule has 7 heteroatoms. The van der Waals surface area contributed by atoms with E-state index in [1.165, 1.54) is 6.20 Å². The predicted octanol–water partition coefficient (Wildman–Crippen LogP) is 3.32. The summed E-state index contributed by atoms with van der Waals surface area (Å²) in [5, 5.41) is 2.78. The van der Waals surface area contributed by atoms with Gasteiger partial charge < -0.3 is 19.4 Å². The minimum atomic E-state index is -0.266. The van der Waals surface area contributed by atoms with Crippen LogP contribution in [-0.2, 0) is 0 Å². The Morgan fingerprint density at radius 3 is 2.42 bits per heavy atom. The molecule has 0 atom stereocenters. The largest absolute Gasteiger partial charge is 0.476 e. The zero-order valence-corrected chi connectivity index (χ0v) is 14.7. The maximum absolute atomic E-state index is 12.5. The highest BCUT2D eigenvalue weighted by molar-refractivity contribution is 6.04. The molecule has 0 aliphatic rings. The van der Waals surface area contributed by atoms with Crippen LogP contribution in [0.4, 0.5) is 5.69 Å². The molecule has 0 radical (unpaired) electrons. The fourth-order valence-electron chi connectivity index (χ4n) is 2.37. The van der Waals surface area contributed by atoms with Gasteiger partial charge in [-0.3, -0.25) is 4.79 Å². The monoisotopic (exact) mass is 352 g/mol. The van der Waals surface area contributed by atoms with E-state index in [1.54, 1.807) is 12.1 Å². The standard InChI is InChI=1S/C19H20N4O3/c1-3-25-18-16(13-20-19(22-18)26-4-2)21-17(24)14-7-9-15(10-8-14)23-11-5-6-12-23/h5-13H,3-4H2,1-2H3,(H,21,24). The van der Waals surface area contributed by atoms with Crippen LogP contribution < -0.4 is 14.8 Å². The first-order valence-electron chi connectivity index (χ1n) is 8.38. The molecule has 1 N–H and O–H groups in total. The topological polar surface area (TPSA) is 78.3 Å². The zero-order valence-electron chi connectivity index (χ0n) is 14.7. The van der Waals surface area contributed by atoms with E-state index in [1.807, 2.05) is 55.1 Å². The van der Waals surface area contributed by atoms with Crippen molar-refractivity contribution in [2.24, 2.45) is 0 Å². The summed E-state index contributed by atoms with van der Waals surface area (Å²) >= 11 is 0. The number of aromatic nitrogens is 3.